The third kappa shape index (κ3) is 2.47. The van der Waals surface area contributed by atoms with Gasteiger partial charge in [0, 0.05) is 18.0 Å². The van der Waals surface area contributed by atoms with Crippen molar-refractivity contribution in [1.82, 2.24) is 0 Å². The van der Waals surface area contributed by atoms with Crippen LogP contribution in [0.15, 0.2) is 24.3 Å². The van der Waals surface area contributed by atoms with Gasteiger partial charge >= 0.3 is 0 Å². The summed E-state index contributed by atoms with van der Waals surface area (Å²) in [7, 11) is 0. The Morgan fingerprint density at radius 2 is 2.06 bits per heavy atom. The van der Waals surface area contributed by atoms with Gasteiger partial charge in [0.15, 0.2) is 0 Å². The summed E-state index contributed by atoms with van der Waals surface area (Å²) in [6.07, 6.45) is 4.81. The van der Waals surface area contributed by atoms with Crippen LogP contribution in [-0.4, -0.2) is 18.3 Å². The smallest absolute Gasteiger partial charge is 0.123 e. The molecular weight excluding hydrogens is 202 g/mol. The van der Waals surface area contributed by atoms with Gasteiger partial charge in [-0.05, 0) is 25.0 Å². The molecule has 0 heterocycles. The van der Waals surface area contributed by atoms with Gasteiger partial charge in [-0.15, -0.1) is 0 Å². The number of phenolic OH excluding ortho intramolecular Hbond substituents is 1. The van der Waals surface area contributed by atoms with E-state index >= 15 is 0 Å². The van der Waals surface area contributed by atoms with Crippen molar-refractivity contribution in [3.8, 4) is 11.5 Å². The van der Waals surface area contributed by atoms with E-state index in [-0.39, 0.29) is 11.2 Å². The summed E-state index contributed by atoms with van der Waals surface area (Å²) >= 11 is 0. The molecule has 0 atom stereocenters. The highest BCUT2D eigenvalue weighted by Crippen LogP contribution is 2.37. The molecule has 1 aromatic carbocycles. The van der Waals surface area contributed by atoms with E-state index in [0.717, 1.165) is 18.6 Å². The molecule has 3 N–H and O–H groups in total. The summed E-state index contributed by atoms with van der Waals surface area (Å²) in [6, 6.07) is 6.92. The van der Waals surface area contributed by atoms with Gasteiger partial charge in [-0.1, -0.05) is 18.9 Å². The van der Waals surface area contributed by atoms with Crippen molar-refractivity contribution in [1.29, 1.82) is 0 Å². The minimum absolute atomic E-state index is 0.158. The molecule has 0 spiro atoms. The van der Waals surface area contributed by atoms with E-state index in [9.17, 15) is 5.11 Å². The van der Waals surface area contributed by atoms with Crippen LogP contribution in [-0.2, 0) is 0 Å². The molecular formula is C13H19NO2. The Bertz CT molecular complexity index is 346. The zero-order valence-electron chi connectivity index (χ0n) is 9.48. The molecule has 0 saturated heterocycles. The molecule has 0 aliphatic heterocycles. The van der Waals surface area contributed by atoms with Gasteiger partial charge in [0.05, 0.1) is 6.61 Å². The minimum Gasteiger partial charge on any atom is -0.508 e. The maximum atomic E-state index is 9.32. The normalized spacial score (nSPS) is 18.6. The minimum atomic E-state index is 0.158. The summed E-state index contributed by atoms with van der Waals surface area (Å²) < 4.78 is 5.72. The highest BCUT2D eigenvalue weighted by atomic mass is 16.5. The molecule has 2 rings (SSSR count). The van der Waals surface area contributed by atoms with E-state index < -0.39 is 0 Å². The molecule has 0 bridgehead atoms. The second kappa shape index (κ2) is 4.74. The quantitative estimate of drug-likeness (QED) is 0.820. The maximum absolute atomic E-state index is 9.32. The number of hydrogen-bond acceptors (Lipinski definition) is 3. The van der Waals surface area contributed by atoms with Crippen LogP contribution >= 0.6 is 0 Å². The number of rotatable bonds is 4. The maximum Gasteiger partial charge on any atom is 0.123 e. The third-order valence-corrected chi connectivity index (χ3v) is 3.46. The molecule has 1 saturated carbocycles. The molecule has 1 aliphatic carbocycles. The van der Waals surface area contributed by atoms with Crippen LogP contribution in [0.2, 0.25) is 0 Å². The molecule has 0 amide bonds. The first kappa shape index (κ1) is 11.3. The van der Waals surface area contributed by atoms with Crippen LogP contribution < -0.4 is 10.5 Å². The molecule has 3 heteroatoms. The predicted molar refractivity (Wildman–Crippen MR) is 63.6 cm³/mol. The molecule has 0 radical (unpaired) electrons. The van der Waals surface area contributed by atoms with E-state index in [0.29, 0.717) is 13.2 Å². The van der Waals surface area contributed by atoms with Crippen molar-refractivity contribution in [3.05, 3.63) is 24.3 Å². The van der Waals surface area contributed by atoms with E-state index in [1.165, 1.54) is 12.8 Å². The predicted octanol–water partition coefficient (Wildman–Crippen LogP) is 2.29. The second-order valence-electron chi connectivity index (χ2n) is 4.70. The SMILES string of the molecule is NCC1(COc2cccc(O)c2)CCCC1. The van der Waals surface area contributed by atoms with Crippen LogP contribution in [0.25, 0.3) is 0 Å². The first-order valence-corrected chi connectivity index (χ1v) is 5.86. The lowest BCUT2D eigenvalue weighted by Crippen LogP contribution is -2.33. The molecule has 1 aromatic rings. The molecule has 3 nitrogen and oxygen atoms in total. The third-order valence-electron chi connectivity index (χ3n) is 3.46. The first-order valence-electron chi connectivity index (χ1n) is 5.86. The van der Waals surface area contributed by atoms with E-state index in [2.05, 4.69) is 0 Å². The molecule has 0 unspecified atom stereocenters. The largest absolute Gasteiger partial charge is 0.508 e. The molecule has 1 fully saturated rings. The Labute approximate surface area is 96.2 Å². The summed E-state index contributed by atoms with van der Waals surface area (Å²) in [5, 5.41) is 9.32. The van der Waals surface area contributed by atoms with Crippen LogP contribution in [0.1, 0.15) is 25.7 Å². The Kier molecular flexibility index (Phi) is 3.34. The van der Waals surface area contributed by atoms with E-state index in [1.54, 1.807) is 18.2 Å². The summed E-state index contributed by atoms with van der Waals surface area (Å²) in [4.78, 5) is 0. The van der Waals surface area contributed by atoms with Crippen molar-refractivity contribution in [3.63, 3.8) is 0 Å². The van der Waals surface area contributed by atoms with Crippen molar-refractivity contribution in [2.24, 2.45) is 11.1 Å². The molecule has 16 heavy (non-hydrogen) atoms. The van der Waals surface area contributed by atoms with Gasteiger partial charge in [0.25, 0.3) is 0 Å². The zero-order chi connectivity index (χ0) is 11.4. The fourth-order valence-corrected chi connectivity index (χ4v) is 2.34. The topological polar surface area (TPSA) is 55.5 Å². The van der Waals surface area contributed by atoms with Crippen LogP contribution in [0.4, 0.5) is 0 Å². The van der Waals surface area contributed by atoms with Crippen molar-refractivity contribution < 1.29 is 9.84 Å². The fourth-order valence-electron chi connectivity index (χ4n) is 2.34. The average Bonchev–Trinajstić information content (AvgIpc) is 2.76. The Morgan fingerprint density at radius 1 is 1.31 bits per heavy atom. The summed E-state index contributed by atoms with van der Waals surface area (Å²) in [5.74, 6) is 0.963. The van der Waals surface area contributed by atoms with E-state index in [4.69, 9.17) is 10.5 Å². The average molecular weight is 221 g/mol. The number of aromatic hydroxyl groups is 1. The van der Waals surface area contributed by atoms with E-state index in [1.807, 2.05) is 6.07 Å². The van der Waals surface area contributed by atoms with Crippen molar-refractivity contribution >= 4 is 0 Å². The fraction of sp³-hybridized carbons (Fsp3) is 0.538. The lowest BCUT2D eigenvalue weighted by Gasteiger charge is -2.26. The van der Waals surface area contributed by atoms with Crippen LogP contribution in [0.5, 0.6) is 11.5 Å². The second-order valence-corrected chi connectivity index (χ2v) is 4.70. The van der Waals surface area contributed by atoms with Gasteiger partial charge in [-0.2, -0.15) is 0 Å². The number of benzene rings is 1. The summed E-state index contributed by atoms with van der Waals surface area (Å²) in [5.41, 5.74) is 5.99. The van der Waals surface area contributed by atoms with Gasteiger partial charge in [0.2, 0.25) is 0 Å². The van der Waals surface area contributed by atoms with Crippen molar-refractivity contribution in [2.75, 3.05) is 13.2 Å². The molecule has 1 aliphatic rings. The zero-order valence-corrected chi connectivity index (χ0v) is 9.48. The Hall–Kier alpha value is -1.22. The number of ether oxygens (including phenoxy) is 1. The monoisotopic (exact) mass is 221 g/mol. The van der Waals surface area contributed by atoms with Gasteiger partial charge in [-0.3, -0.25) is 0 Å². The van der Waals surface area contributed by atoms with Crippen LogP contribution in [0, 0.1) is 5.41 Å². The Balaban J connectivity index is 1.95. The lowest BCUT2D eigenvalue weighted by atomic mass is 9.87. The molecule has 0 aromatic heterocycles. The lowest BCUT2D eigenvalue weighted by molar-refractivity contribution is 0.156. The van der Waals surface area contributed by atoms with Gasteiger partial charge in [0.1, 0.15) is 11.5 Å². The number of phenols is 1. The van der Waals surface area contributed by atoms with Crippen molar-refractivity contribution in [2.45, 2.75) is 25.7 Å². The Morgan fingerprint density at radius 3 is 2.69 bits per heavy atom. The summed E-state index contributed by atoms with van der Waals surface area (Å²) in [6.45, 7) is 1.35. The number of hydrogen-bond donors (Lipinski definition) is 2. The highest BCUT2D eigenvalue weighted by molar-refractivity contribution is 5.31. The van der Waals surface area contributed by atoms with Gasteiger partial charge in [-0.25, -0.2) is 0 Å². The number of nitrogens with two attached hydrogens (primary N) is 1. The highest BCUT2D eigenvalue weighted by Gasteiger charge is 2.33. The standard InChI is InChI=1S/C13H19NO2/c14-9-13(6-1-2-7-13)10-16-12-5-3-4-11(15)8-12/h3-5,8,15H,1-2,6-7,9-10,14H2. The molecule has 88 valence electrons. The van der Waals surface area contributed by atoms with Crippen LogP contribution in [0.3, 0.4) is 0 Å². The first-order chi connectivity index (χ1) is 7.74. The van der Waals surface area contributed by atoms with Gasteiger partial charge < -0.3 is 15.6 Å².